The van der Waals surface area contributed by atoms with Gasteiger partial charge in [-0.05, 0) is 185 Å². The fourth-order valence-corrected chi connectivity index (χ4v) is 17.3. The van der Waals surface area contributed by atoms with Crippen LogP contribution in [0.4, 0.5) is 43.8 Å². The van der Waals surface area contributed by atoms with E-state index in [1.165, 1.54) is 73.8 Å². The number of anilines is 3. The number of aliphatic hydroxyl groups excluding tert-OH is 1. The molecule has 7 unspecified atom stereocenters. The number of nitrogens with two attached hydrogens (primary N) is 3. The second-order valence-corrected chi connectivity index (χ2v) is 29.1. The minimum Gasteiger partial charge on any atom is -0.431 e. The Kier molecular flexibility index (Phi) is 19.7. The van der Waals surface area contributed by atoms with E-state index in [2.05, 4.69) is 131 Å². The van der Waals surface area contributed by atoms with Crippen molar-refractivity contribution < 1.29 is 55.1 Å². The van der Waals surface area contributed by atoms with Crippen LogP contribution in [0, 0.1) is 41.4 Å². The first kappa shape index (κ1) is 67.8. The summed E-state index contributed by atoms with van der Waals surface area (Å²) < 4.78 is 107. The number of nitrogens with zero attached hydrogens (tertiary/aromatic N) is 12. The molecule has 9 aliphatic rings. The lowest BCUT2D eigenvalue weighted by molar-refractivity contribution is -0.0501. The molecule has 0 spiro atoms. The summed E-state index contributed by atoms with van der Waals surface area (Å²) in [6.45, 7) is 16.3. The van der Waals surface area contributed by atoms with Crippen LogP contribution in [0.25, 0.3) is 33.8 Å². The van der Waals surface area contributed by atoms with Gasteiger partial charge in [-0.1, -0.05) is 0 Å². The van der Waals surface area contributed by atoms with E-state index in [1.54, 1.807) is 18.6 Å². The van der Waals surface area contributed by atoms with Crippen LogP contribution in [0.2, 0.25) is 0 Å². The van der Waals surface area contributed by atoms with E-state index < -0.39 is 19.8 Å². The molecule has 7 N–H and O–H groups in total. The lowest BCUT2D eigenvalue weighted by Gasteiger charge is -2.36. The zero-order valence-electron chi connectivity index (χ0n) is 56.0. The van der Waals surface area contributed by atoms with Crippen molar-refractivity contribution in [2.24, 2.45) is 41.4 Å². The number of likely N-dealkylation sites (tertiary alicyclic amines) is 1. The number of rotatable bonds is 19. The molecule has 9 heterocycles. The maximum absolute atomic E-state index is 12.7. The highest BCUT2D eigenvalue weighted by Gasteiger charge is 2.61. The highest BCUT2D eigenvalue weighted by molar-refractivity contribution is 5.67. The molecule has 0 radical (unpaired) electrons. The lowest BCUT2D eigenvalue weighted by Crippen LogP contribution is -2.46. The summed E-state index contributed by atoms with van der Waals surface area (Å²) in [7, 11) is 0. The average molecular weight is 1340 g/mol. The Balaban J connectivity index is 0.000000130. The maximum Gasteiger partial charge on any atom is 0.387 e. The third kappa shape index (κ3) is 14.3. The number of halogens is 6. The van der Waals surface area contributed by atoms with Crippen molar-refractivity contribution in [3.63, 3.8) is 0 Å². The summed E-state index contributed by atoms with van der Waals surface area (Å²) in [5.41, 5.74) is 24.7. The van der Waals surface area contributed by atoms with Crippen molar-refractivity contribution in [2.75, 3.05) is 76.3 Å². The minimum absolute atomic E-state index is 0.0576. The number of nitrogen functional groups attached to an aromatic ring is 3. The number of hydrogen-bond donors (Lipinski definition) is 4. The Morgan fingerprint density at radius 3 is 1.03 bits per heavy atom. The van der Waals surface area contributed by atoms with Crippen molar-refractivity contribution in [1.29, 1.82) is 0 Å². The van der Waals surface area contributed by atoms with Crippen LogP contribution in [-0.4, -0.2) is 173 Å². The minimum atomic E-state index is -2.96. The third-order valence-corrected chi connectivity index (χ3v) is 21.9. The summed E-state index contributed by atoms with van der Waals surface area (Å²) in [5, 5.41) is 23.8. The molecule has 0 aromatic carbocycles. The number of aliphatic hydroxyl groups is 1. The van der Waals surface area contributed by atoms with Crippen molar-refractivity contribution >= 4 is 17.5 Å². The van der Waals surface area contributed by atoms with Crippen molar-refractivity contribution in [3.8, 4) is 51.0 Å². The van der Waals surface area contributed by atoms with Crippen LogP contribution in [0.3, 0.4) is 0 Å². The quantitative estimate of drug-likeness (QED) is 0.0551. The standard InChI is InChI=1S/3C23H31F2N5O2/c2*1-12(2)30-19(9-18(28-30)14-6-20(32-23(24)25)22(26)27-10-14)21-16-7-15(8-17(16)21)29-4-5-31-13(3)11-29;1-12(2)30-19(8-18(28-30)14-5-20(32-23(24)25)22(26)27-9-14)21-16-6-15(7-17(16)21)29-4-3-13(10-29)11-31/h2*6,9-10,12-13,15-17,21,23H,4-5,7-8,11H2,1-3H3,(H2,26,27);5,8-9,12-13,15-17,21,23,31H,3-4,6-7,10-11H2,1-2H3,(H2,26,27)/t2*13-,15?,16-,17+,21?;13?,15?,16-,17+,21?/m10./s1. The van der Waals surface area contributed by atoms with Crippen LogP contribution in [0.1, 0.15) is 153 Å². The SMILES string of the molecule is CC(C)n1nc(-c2cnc(N)c(OC(F)F)c2)cc1C1[C@H]2CC(N3CCC(CO)C3)C[C@@H]12.CC(C)n1nc(-c2cnc(N)c(OC(F)F)c2)cc1C1[C@H]2CC(N3CCO[C@@H](C)C3)C[C@@H]12.CC(C)n1nc(-c2cnc(N)c(OC(F)F)c2)cc1C1[C@H]2CC(N3CCO[C@H](C)C3)C[C@@H]12. The molecule has 15 rings (SSSR count). The molecule has 6 saturated carbocycles. The fourth-order valence-electron chi connectivity index (χ4n) is 17.3. The number of pyridine rings is 3. The zero-order valence-corrected chi connectivity index (χ0v) is 56.0. The summed E-state index contributed by atoms with van der Waals surface area (Å²) in [4.78, 5) is 19.9. The van der Waals surface area contributed by atoms with Crippen LogP contribution in [-0.2, 0) is 9.47 Å². The Hall–Kier alpha value is -6.78. The van der Waals surface area contributed by atoms with E-state index in [4.69, 9.17) is 42.0 Å². The van der Waals surface area contributed by atoms with Gasteiger partial charge in [0.15, 0.2) is 34.7 Å². The molecule has 96 heavy (non-hydrogen) atoms. The van der Waals surface area contributed by atoms with Crippen LogP contribution in [0.5, 0.6) is 17.2 Å². The Bertz CT molecular complexity index is 3490. The van der Waals surface area contributed by atoms with Gasteiger partial charge in [-0.2, -0.15) is 41.6 Å². The van der Waals surface area contributed by atoms with Gasteiger partial charge in [-0.25, -0.2) is 15.0 Å². The summed E-state index contributed by atoms with van der Waals surface area (Å²) in [6, 6.07) is 13.3. The topological polar surface area (TPSA) is 246 Å². The van der Waals surface area contributed by atoms with E-state index >= 15 is 0 Å². The van der Waals surface area contributed by atoms with E-state index in [-0.39, 0.29) is 52.8 Å². The van der Waals surface area contributed by atoms with E-state index in [9.17, 15) is 31.4 Å². The van der Waals surface area contributed by atoms with Gasteiger partial charge < -0.3 is 46.0 Å². The van der Waals surface area contributed by atoms with Crippen molar-refractivity contribution in [1.82, 2.24) is 59.0 Å². The molecule has 3 saturated heterocycles. The molecule has 27 heteroatoms. The second kappa shape index (κ2) is 27.9. The second-order valence-electron chi connectivity index (χ2n) is 29.1. The molecule has 6 aliphatic carbocycles. The van der Waals surface area contributed by atoms with Crippen LogP contribution >= 0.6 is 0 Å². The highest BCUT2D eigenvalue weighted by atomic mass is 19.3. The normalized spacial score (nSPS) is 30.0. The number of fused-ring (bicyclic) bond motifs is 3. The third-order valence-electron chi connectivity index (χ3n) is 21.9. The zero-order chi connectivity index (χ0) is 67.7. The average Bonchev–Trinajstić information content (AvgIpc) is 1.58. The fraction of sp³-hybridized carbons (Fsp3) is 0.652. The number of ether oxygens (including phenoxy) is 5. The van der Waals surface area contributed by atoms with E-state index in [0.29, 0.717) is 130 Å². The van der Waals surface area contributed by atoms with E-state index in [1.807, 2.05) is 0 Å². The first-order valence-electron chi connectivity index (χ1n) is 34.4. The molecule has 21 nitrogen and oxygen atoms in total. The number of alkyl halides is 6. The number of morpholine rings is 2. The number of hydrogen-bond acceptors (Lipinski definition) is 18. The van der Waals surface area contributed by atoms with Gasteiger partial charge in [0.2, 0.25) is 0 Å². The largest absolute Gasteiger partial charge is 0.431 e. The van der Waals surface area contributed by atoms with Gasteiger partial charge in [-0.15, -0.1) is 0 Å². The van der Waals surface area contributed by atoms with Crippen molar-refractivity contribution in [2.45, 2.75) is 186 Å². The van der Waals surface area contributed by atoms with Gasteiger partial charge in [-0.3, -0.25) is 28.7 Å². The molecular weight excluding hydrogens is 1250 g/mol. The van der Waals surface area contributed by atoms with Gasteiger partial charge in [0.1, 0.15) is 0 Å². The van der Waals surface area contributed by atoms with Gasteiger partial charge in [0, 0.05) is 146 Å². The number of aromatic nitrogens is 9. The summed E-state index contributed by atoms with van der Waals surface area (Å²) in [5.74, 6) is 5.44. The smallest absolute Gasteiger partial charge is 0.387 e. The highest BCUT2D eigenvalue weighted by Crippen LogP contribution is 2.67. The van der Waals surface area contributed by atoms with Crippen molar-refractivity contribution in [3.05, 3.63) is 72.1 Å². The van der Waals surface area contributed by atoms with Gasteiger partial charge in [0.25, 0.3) is 0 Å². The Morgan fingerprint density at radius 2 is 0.771 bits per heavy atom. The predicted molar refractivity (Wildman–Crippen MR) is 350 cm³/mol. The summed E-state index contributed by atoms with van der Waals surface area (Å²) >= 11 is 0. The van der Waals surface area contributed by atoms with Gasteiger partial charge in [0.05, 0.1) is 42.5 Å². The molecule has 3 aliphatic heterocycles. The molecule has 0 bridgehead atoms. The molecule has 522 valence electrons. The Labute approximate surface area is 556 Å². The van der Waals surface area contributed by atoms with Crippen LogP contribution < -0.4 is 31.4 Å². The first-order valence-corrected chi connectivity index (χ1v) is 34.4. The van der Waals surface area contributed by atoms with E-state index in [0.717, 1.165) is 58.9 Å². The molecular formula is C69H93F6N15O6. The van der Waals surface area contributed by atoms with Crippen LogP contribution in [0.15, 0.2) is 55.0 Å². The molecule has 6 aromatic heterocycles. The Morgan fingerprint density at radius 1 is 0.469 bits per heavy atom. The lowest BCUT2D eigenvalue weighted by atomic mass is 10.0. The molecule has 9 fully saturated rings. The first-order chi connectivity index (χ1) is 46.0. The molecule has 0 amide bonds. The maximum atomic E-state index is 12.7. The predicted octanol–water partition coefficient (Wildman–Crippen LogP) is 11.4. The molecule has 15 atom stereocenters. The van der Waals surface area contributed by atoms with Gasteiger partial charge >= 0.3 is 19.8 Å². The summed E-state index contributed by atoms with van der Waals surface area (Å²) in [6.07, 6.45) is 13.7. The molecule has 6 aromatic rings. The monoisotopic (exact) mass is 1340 g/mol.